The first kappa shape index (κ1) is 30.6. The lowest BCUT2D eigenvalue weighted by molar-refractivity contribution is -0.132. The first-order valence-electron chi connectivity index (χ1n) is 13.8. The van der Waals surface area contributed by atoms with Gasteiger partial charge in [-0.25, -0.2) is 13.6 Å². The fourth-order valence-electron chi connectivity index (χ4n) is 4.57. The molecule has 0 radical (unpaired) electrons. The molecular formula is C32H34ClF3N2O3. The average molecular weight is 587 g/mol. The van der Waals surface area contributed by atoms with Gasteiger partial charge in [0.2, 0.25) is 5.82 Å². The molecule has 3 N–H and O–H groups in total. The van der Waals surface area contributed by atoms with Crippen LogP contribution in [-0.4, -0.2) is 43.4 Å². The minimum Gasteiger partial charge on any atom is -0.488 e. The molecule has 1 fully saturated rings. The van der Waals surface area contributed by atoms with Crippen molar-refractivity contribution in [3.05, 3.63) is 105 Å². The lowest BCUT2D eigenvalue weighted by Gasteiger charge is -2.19. The van der Waals surface area contributed by atoms with Crippen molar-refractivity contribution < 1.29 is 27.8 Å². The highest BCUT2D eigenvalue weighted by Gasteiger charge is 2.20. The van der Waals surface area contributed by atoms with Crippen LogP contribution in [0.5, 0.6) is 5.75 Å². The van der Waals surface area contributed by atoms with E-state index in [0.29, 0.717) is 37.4 Å². The molecule has 5 rings (SSSR count). The lowest BCUT2D eigenvalue weighted by Crippen LogP contribution is -2.28. The number of benzene rings is 3. The van der Waals surface area contributed by atoms with Gasteiger partial charge in [-0.05, 0) is 92.1 Å². The molecule has 1 heterocycles. The topological polar surface area (TPSA) is 70.6 Å². The molecule has 0 unspecified atom stereocenters. The van der Waals surface area contributed by atoms with Crippen molar-refractivity contribution in [3.63, 3.8) is 0 Å². The van der Waals surface area contributed by atoms with E-state index in [-0.39, 0.29) is 6.61 Å². The molecule has 2 aliphatic rings. The third-order valence-electron chi connectivity index (χ3n) is 7.00. The van der Waals surface area contributed by atoms with Crippen molar-refractivity contribution in [1.29, 1.82) is 0 Å². The number of carbonyl (C=O) groups is 1. The van der Waals surface area contributed by atoms with Crippen LogP contribution in [0.1, 0.15) is 42.4 Å². The molecular weight excluding hydrogens is 553 g/mol. The molecule has 3 aromatic rings. The third-order valence-corrected chi connectivity index (χ3v) is 7.37. The second kappa shape index (κ2) is 15.1. The van der Waals surface area contributed by atoms with Gasteiger partial charge in [-0.1, -0.05) is 54.1 Å². The van der Waals surface area contributed by atoms with Gasteiger partial charge in [-0.3, -0.25) is 0 Å². The van der Waals surface area contributed by atoms with Crippen molar-refractivity contribution in [3.8, 4) is 5.75 Å². The molecule has 0 atom stereocenters. The summed E-state index contributed by atoms with van der Waals surface area (Å²) in [5.41, 5.74) is 4.32. The molecule has 9 heteroatoms. The maximum atomic E-state index is 13.5. The van der Waals surface area contributed by atoms with Gasteiger partial charge in [0.25, 0.3) is 0 Å². The fourth-order valence-corrected chi connectivity index (χ4v) is 4.80. The van der Waals surface area contributed by atoms with Gasteiger partial charge in [-0.2, -0.15) is 4.39 Å². The SMILES string of the molecule is Clc1ccccc1CCNC1CC1.O=C(O)C1=C(c2ccc(CCCOc3c(F)ccc(F)c3F)cc2)CCNC1. The second-order valence-electron chi connectivity index (χ2n) is 10.1. The molecule has 41 heavy (non-hydrogen) atoms. The summed E-state index contributed by atoms with van der Waals surface area (Å²) in [5, 5.41) is 16.7. The van der Waals surface area contributed by atoms with Crippen LogP contribution in [0.4, 0.5) is 13.2 Å². The molecule has 0 amide bonds. The van der Waals surface area contributed by atoms with Crippen LogP contribution in [0, 0.1) is 17.5 Å². The Labute approximate surface area is 243 Å². The first-order valence-corrected chi connectivity index (χ1v) is 14.2. The number of nitrogens with one attached hydrogen (secondary N) is 2. The van der Waals surface area contributed by atoms with Gasteiger partial charge < -0.3 is 20.5 Å². The summed E-state index contributed by atoms with van der Waals surface area (Å²) >= 11 is 6.03. The Kier molecular flexibility index (Phi) is 11.2. The quantitative estimate of drug-likeness (QED) is 0.175. The fraction of sp³-hybridized carbons (Fsp3) is 0.344. The second-order valence-corrected chi connectivity index (χ2v) is 10.5. The molecule has 3 aromatic carbocycles. The molecule has 1 aliphatic heterocycles. The Balaban J connectivity index is 0.000000247. The van der Waals surface area contributed by atoms with E-state index in [2.05, 4.69) is 16.7 Å². The number of aryl methyl sites for hydroxylation is 1. The molecule has 1 saturated carbocycles. The van der Waals surface area contributed by atoms with Crippen LogP contribution in [0.2, 0.25) is 5.02 Å². The number of carboxylic acid groups (broad SMARTS) is 1. The summed E-state index contributed by atoms with van der Waals surface area (Å²) in [6.45, 7) is 2.17. The number of carboxylic acids is 1. The van der Waals surface area contributed by atoms with Crippen LogP contribution in [0.25, 0.3) is 5.57 Å². The van der Waals surface area contributed by atoms with E-state index in [1.165, 1.54) is 18.4 Å². The maximum absolute atomic E-state index is 13.5. The van der Waals surface area contributed by atoms with Crippen LogP contribution in [-0.2, 0) is 17.6 Å². The zero-order valence-corrected chi connectivity index (χ0v) is 23.5. The summed E-state index contributed by atoms with van der Waals surface area (Å²) < 4.78 is 45.2. The smallest absolute Gasteiger partial charge is 0.333 e. The summed E-state index contributed by atoms with van der Waals surface area (Å²) in [6.07, 6.45) is 5.48. The average Bonchev–Trinajstić information content (AvgIpc) is 3.81. The number of hydrogen-bond donors (Lipinski definition) is 3. The van der Waals surface area contributed by atoms with Crippen LogP contribution < -0.4 is 15.4 Å². The minimum atomic E-state index is -1.33. The van der Waals surface area contributed by atoms with E-state index < -0.39 is 29.2 Å². The molecule has 0 bridgehead atoms. The Morgan fingerprint density at radius 2 is 1.73 bits per heavy atom. The van der Waals surface area contributed by atoms with Crippen LogP contribution >= 0.6 is 11.6 Å². The minimum absolute atomic E-state index is 0.0407. The Bertz CT molecular complexity index is 1360. The summed E-state index contributed by atoms with van der Waals surface area (Å²) in [4.78, 5) is 11.4. The molecule has 0 saturated heterocycles. The van der Waals surface area contributed by atoms with Crippen molar-refractivity contribution in [2.24, 2.45) is 0 Å². The van der Waals surface area contributed by atoms with E-state index >= 15 is 0 Å². The lowest BCUT2D eigenvalue weighted by atomic mass is 9.93. The van der Waals surface area contributed by atoms with E-state index in [9.17, 15) is 23.1 Å². The number of rotatable bonds is 11. The monoisotopic (exact) mass is 586 g/mol. The highest BCUT2D eigenvalue weighted by atomic mass is 35.5. The third kappa shape index (κ3) is 9.08. The van der Waals surface area contributed by atoms with E-state index in [1.807, 2.05) is 42.5 Å². The standard InChI is InChI=1S/C21H20F3NO3.C11H14ClN/c22-17-7-8-18(23)20(19(17)24)28-11-1-2-13-3-5-14(6-4-13)15-9-10-25-12-16(15)21(26)27;12-11-4-2-1-3-9(11)7-8-13-10-5-6-10/h3-8,25H,1-2,9-12H2,(H,26,27);1-4,10,13H,5-8H2. The van der Waals surface area contributed by atoms with Crippen molar-refractivity contribution in [2.75, 3.05) is 26.2 Å². The number of halogens is 4. The highest BCUT2D eigenvalue weighted by Crippen LogP contribution is 2.26. The normalized spacial score (nSPS) is 14.8. The number of ether oxygens (including phenoxy) is 1. The zero-order valence-electron chi connectivity index (χ0n) is 22.7. The van der Waals surface area contributed by atoms with Gasteiger partial charge >= 0.3 is 5.97 Å². The molecule has 1 aliphatic carbocycles. The predicted molar refractivity (Wildman–Crippen MR) is 155 cm³/mol. The largest absolute Gasteiger partial charge is 0.488 e. The van der Waals surface area contributed by atoms with Gasteiger partial charge in [0.15, 0.2) is 17.4 Å². The van der Waals surface area contributed by atoms with Gasteiger partial charge in [0.05, 0.1) is 12.2 Å². The van der Waals surface area contributed by atoms with E-state index in [0.717, 1.165) is 53.3 Å². The number of aliphatic carboxylic acids is 1. The van der Waals surface area contributed by atoms with Gasteiger partial charge in [0, 0.05) is 17.6 Å². The molecule has 218 valence electrons. The maximum Gasteiger partial charge on any atom is 0.333 e. The van der Waals surface area contributed by atoms with Crippen LogP contribution in [0.3, 0.4) is 0 Å². The van der Waals surface area contributed by atoms with Crippen molar-refractivity contribution in [2.45, 2.75) is 44.6 Å². The summed E-state index contributed by atoms with van der Waals surface area (Å²) in [7, 11) is 0. The van der Waals surface area contributed by atoms with Crippen LogP contribution in [0.15, 0.2) is 66.2 Å². The summed E-state index contributed by atoms with van der Waals surface area (Å²) in [6, 6.07) is 17.9. The zero-order chi connectivity index (χ0) is 29.2. The summed E-state index contributed by atoms with van der Waals surface area (Å²) in [5.74, 6) is -5.03. The molecule has 5 nitrogen and oxygen atoms in total. The number of hydrogen-bond acceptors (Lipinski definition) is 4. The van der Waals surface area contributed by atoms with Gasteiger partial charge in [-0.15, -0.1) is 0 Å². The first-order chi connectivity index (χ1) is 19.8. The molecule has 0 aromatic heterocycles. The van der Waals surface area contributed by atoms with E-state index in [4.69, 9.17) is 16.3 Å². The Morgan fingerprint density at radius 3 is 2.44 bits per heavy atom. The Morgan fingerprint density at radius 1 is 1.00 bits per heavy atom. The van der Waals surface area contributed by atoms with E-state index in [1.54, 1.807) is 0 Å². The van der Waals surface area contributed by atoms with Gasteiger partial charge in [0.1, 0.15) is 0 Å². The molecule has 0 spiro atoms. The Hall–Kier alpha value is -3.33. The highest BCUT2D eigenvalue weighted by molar-refractivity contribution is 6.31. The van der Waals surface area contributed by atoms with Crippen molar-refractivity contribution >= 4 is 23.1 Å². The van der Waals surface area contributed by atoms with Crippen molar-refractivity contribution in [1.82, 2.24) is 10.6 Å². The predicted octanol–water partition coefficient (Wildman–Crippen LogP) is 6.58.